The summed E-state index contributed by atoms with van der Waals surface area (Å²) in [4.78, 5) is 101. The zero-order valence-electron chi connectivity index (χ0n) is 52.4. The second-order valence-electron chi connectivity index (χ2n) is 25.4. The molecule has 1 unspecified atom stereocenters. The first-order valence-corrected chi connectivity index (χ1v) is 30.5. The number of aliphatic hydroxyl groups excluding tert-OH is 1. The van der Waals surface area contributed by atoms with Crippen molar-refractivity contribution >= 4 is 41.7 Å². The Morgan fingerprint density at radius 3 is 1.94 bits per heavy atom. The Labute approximate surface area is 507 Å². The third kappa shape index (κ3) is 16.3. The highest BCUT2D eigenvalue weighted by Crippen LogP contribution is 2.64. The number of ether oxygens (including phenoxy) is 8. The van der Waals surface area contributed by atoms with Crippen molar-refractivity contribution in [2.45, 2.75) is 219 Å². The SMILES string of the molecule is CC/C=C\C/C=C\C/C=C\C/C=C\C/C=C\C/C=C\CCC(=O)O[C@@H](C(=O)O[C@H]1C[C@@]2(O)[C@@H](OC(=O)c3ccccc3OC)C3[C@](C)(C(=O)[C@H](OC(=O)C4CC4)C(=C1C)C2(C)C)[C@@H](O)C[C@H]1OC[C@@]31OC(C)=O)[C@H](CC(C)C)NC(=O)OC(C)(C)C. The molecule has 1 saturated heterocycles. The van der Waals surface area contributed by atoms with Crippen molar-refractivity contribution in [3.8, 4) is 5.75 Å². The van der Waals surface area contributed by atoms with Gasteiger partial charge < -0.3 is 53.4 Å². The van der Waals surface area contributed by atoms with Crippen LogP contribution in [0.3, 0.4) is 0 Å². The smallest absolute Gasteiger partial charge is 0.408 e. The fraction of sp³-hybridized carbons (Fsp3) is 0.603. The van der Waals surface area contributed by atoms with E-state index in [1.165, 1.54) is 26.2 Å². The maximum atomic E-state index is 16.1. The Bertz CT molecular complexity index is 2810. The first kappa shape index (κ1) is 68.5. The number of hydrogen-bond acceptors (Lipinski definition) is 17. The molecule has 1 heterocycles. The lowest BCUT2D eigenvalue weighted by molar-refractivity contribution is -0.346. The monoisotopic (exact) mass is 1200 g/mol. The maximum absolute atomic E-state index is 16.1. The first-order valence-electron chi connectivity index (χ1n) is 30.5. The minimum absolute atomic E-state index is 0.00249. The number of fused-ring (bicyclic) bond motifs is 5. The minimum Gasteiger partial charge on any atom is -0.496 e. The number of benzene rings is 1. The van der Waals surface area contributed by atoms with Gasteiger partial charge >= 0.3 is 35.9 Å². The van der Waals surface area contributed by atoms with E-state index in [4.69, 9.17) is 37.9 Å². The van der Waals surface area contributed by atoms with Gasteiger partial charge in [0.15, 0.2) is 17.5 Å². The van der Waals surface area contributed by atoms with Gasteiger partial charge in [-0.15, -0.1) is 0 Å². The number of alkyl carbamates (subject to hydrolysis) is 1. The number of para-hydroxylation sites is 1. The van der Waals surface area contributed by atoms with Crippen LogP contribution in [-0.4, -0.2) is 125 Å². The van der Waals surface area contributed by atoms with E-state index in [9.17, 15) is 34.2 Å². The number of carbonyl (C=O) groups is 7. The van der Waals surface area contributed by atoms with E-state index in [0.29, 0.717) is 19.3 Å². The molecule has 1 aromatic carbocycles. The normalized spacial score (nSPS) is 28.0. The van der Waals surface area contributed by atoms with Gasteiger partial charge in [0.2, 0.25) is 6.10 Å². The van der Waals surface area contributed by atoms with Crippen LogP contribution >= 0.6 is 0 Å². The highest BCUT2D eigenvalue weighted by Gasteiger charge is 2.78. The van der Waals surface area contributed by atoms with Gasteiger partial charge in [0.1, 0.15) is 40.8 Å². The second-order valence-corrected chi connectivity index (χ2v) is 25.4. The van der Waals surface area contributed by atoms with E-state index in [2.05, 4.69) is 66.9 Å². The van der Waals surface area contributed by atoms with Crippen molar-refractivity contribution in [3.63, 3.8) is 0 Å². The maximum Gasteiger partial charge on any atom is 0.408 e. The molecule has 0 radical (unpaired) electrons. The number of amides is 1. The lowest BCUT2D eigenvalue weighted by Crippen LogP contribution is -2.82. The molecule has 11 atom stereocenters. The number of esters is 5. The van der Waals surface area contributed by atoms with Crippen LogP contribution in [0.5, 0.6) is 5.75 Å². The van der Waals surface area contributed by atoms with Gasteiger partial charge in [-0.05, 0) is 128 Å². The molecule has 18 nitrogen and oxygen atoms in total. The summed E-state index contributed by atoms with van der Waals surface area (Å²) >= 11 is 0. The molecule has 86 heavy (non-hydrogen) atoms. The molecule has 5 aliphatic rings. The molecule has 0 spiro atoms. The number of rotatable bonds is 27. The fourth-order valence-corrected chi connectivity index (χ4v) is 12.4. The predicted molar refractivity (Wildman–Crippen MR) is 322 cm³/mol. The number of aliphatic hydroxyl groups is 2. The van der Waals surface area contributed by atoms with Crippen molar-refractivity contribution in [3.05, 3.63) is 114 Å². The summed E-state index contributed by atoms with van der Waals surface area (Å²) in [6, 6.07) is 4.94. The fourth-order valence-electron chi connectivity index (χ4n) is 12.4. The third-order valence-corrected chi connectivity index (χ3v) is 17.0. The van der Waals surface area contributed by atoms with Crippen LogP contribution in [0, 0.1) is 28.6 Å². The Hall–Kier alpha value is -6.63. The first-order chi connectivity index (χ1) is 40.7. The number of hydrogen-bond donors (Lipinski definition) is 3. The number of Topliss-reactive ketones (excluding diaryl/α,β-unsaturated/α-hetero) is 1. The Morgan fingerprint density at radius 2 is 1.42 bits per heavy atom. The molecule has 6 rings (SSSR count). The molecule has 472 valence electrons. The van der Waals surface area contributed by atoms with Gasteiger partial charge in [0.05, 0.1) is 43.1 Å². The molecule has 1 aliphatic heterocycles. The van der Waals surface area contributed by atoms with E-state index < -0.39 is 130 Å². The average molecular weight is 1200 g/mol. The summed E-state index contributed by atoms with van der Waals surface area (Å²) in [6.45, 7) is 17.8. The second kappa shape index (κ2) is 29.8. The van der Waals surface area contributed by atoms with Gasteiger partial charge in [-0.3, -0.25) is 19.2 Å². The van der Waals surface area contributed by atoms with Crippen LogP contribution in [-0.2, 0) is 57.1 Å². The molecule has 4 aliphatic carbocycles. The largest absolute Gasteiger partial charge is 0.496 e. The summed E-state index contributed by atoms with van der Waals surface area (Å²) in [5.41, 5.74) is -9.06. The number of ketones is 1. The van der Waals surface area contributed by atoms with Crippen molar-refractivity contribution < 1.29 is 81.7 Å². The van der Waals surface area contributed by atoms with Crippen molar-refractivity contribution in [2.75, 3.05) is 13.7 Å². The van der Waals surface area contributed by atoms with Crippen LogP contribution in [0.1, 0.15) is 170 Å². The molecule has 2 bridgehead atoms. The molecule has 0 aromatic heterocycles. The van der Waals surface area contributed by atoms with Crippen molar-refractivity contribution in [2.24, 2.45) is 28.6 Å². The summed E-state index contributed by atoms with van der Waals surface area (Å²) in [7, 11) is 1.35. The molecule has 3 N–H and O–H groups in total. The molecular weight excluding hydrogens is 1100 g/mol. The lowest BCUT2D eigenvalue weighted by Gasteiger charge is -2.67. The van der Waals surface area contributed by atoms with Gasteiger partial charge in [0, 0.05) is 31.6 Å². The molecule has 4 fully saturated rings. The standard InChI is InChI=1S/C68H93NO17/c1-13-14-15-16-17-18-19-20-21-22-23-24-25-26-27-28-29-30-31-36-53(72)82-55(48(39-43(2)3)69-63(77)86-64(6,7)8)62(76)81-50-41-68(78)59(84-61(75)47-34-32-33-35-49(47)79-12)57-66(11,51(71)40-52-67(57,42-80-52)85-45(5)70)58(73)56(83-60(74)46-37-38-46)54(44(50)4)65(68,9)10/h14-15,17-18,20-21,23-24,26-27,29-30,32-35,43,46,48,50-52,55-57,59,71,78H,13,16,19,22,25,28,31,36-42H2,1-12H3,(H,69,77)/b15-14-,18-17-,21-20-,24-23-,27-26-,30-29-/t48-,50-,51-,52+,55+,56+,57?,59-,66+,67-,68+/m0/s1. The van der Waals surface area contributed by atoms with E-state index in [0.717, 1.165) is 39.0 Å². The predicted octanol–water partition coefficient (Wildman–Crippen LogP) is 10.9. The third-order valence-electron chi connectivity index (χ3n) is 17.0. The van der Waals surface area contributed by atoms with Gasteiger partial charge in [-0.2, -0.15) is 0 Å². The van der Waals surface area contributed by atoms with Crippen molar-refractivity contribution in [1.29, 1.82) is 0 Å². The van der Waals surface area contributed by atoms with E-state index in [1.54, 1.807) is 53.7 Å². The van der Waals surface area contributed by atoms with E-state index >= 15 is 9.59 Å². The summed E-state index contributed by atoms with van der Waals surface area (Å²) in [6.07, 6.45) is 19.6. The lowest BCUT2D eigenvalue weighted by atomic mass is 9.44. The van der Waals surface area contributed by atoms with Crippen LogP contribution in [0.4, 0.5) is 4.79 Å². The molecule has 1 amide bonds. The van der Waals surface area contributed by atoms with Gasteiger partial charge in [-0.1, -0.05) is 120 Å². The van der Waals surface area contributed by atoms with Crippen LogP contribution in [0.2, 0.25) is 0 Å². The van der Waals surface area contributed by atoms with Crippen LogP contribution < -0.4 is 10.1 Å². The number of carbonyl (C=O) groups excluding carboxylic acids is 7. The molecule has 3 saturated carbocycles. The molecule has 1 aromatic rings. The summed E-state index contributed by atoms with van der Waals surface area (Å²) in [5.74, 6) is -7.62. The topological polar surface area (TPSA) is 246 Å². The Kier molecular flexibility index (Phi) is 23.8. The minimum atomic E-state index is -2.48. The average Bonchev–Trinajstić information content (AvgIpc) is 0.782. The van der Waals surface area contributed by atoms with E-state index in [-0.39, 0.29) is 60.7 Å². The Morgan fingerprint density at radius 1 is 0.837 bits per heavy atom. The highest BCUT2D eigenvalue weighted by molar-refractivity contribution is 5.96. The zero-order chi connectivity index (χ0) is 63.2. The number of methoxy groups -OCH3 is 1. The summed E-state index contributed by atoms with van der Waals surface area (Å²) in [5, 5.41) is 29.3. The quantitative estimate of drug-likeness (QED) is 0.0421. The summed E-state index contributed by atoms with van der Waals surface area (Å²) < 4.78 is 48.8. The number of nitrogens with one attached hydrogen (secondary N) is 1. The number of allylic oxidation sites excluding steroid dienone is 12. The highest BCUT2D eigenvalue weighted by atomic mass is 16.6. The molecule has 18 heteroatoms. The van der Waals surface area contributed by atoms with Gasteiger partial charge in [-0.25, -0.2) is 14.4 Å². The zero-order valence-corrected chi connectivity index (χ0v) is 52.4. The van der Waals surface area contributed by atoms with Crippen LogP contribution in [0.15, 0.2) is 108 Å². The van der Waals surface area contributed by atoms with Crippen molar-refractivity contribution in [1.82, 2.24) is 5.32 Å². The van der Waals surface area contributed by atoms with Gasteiger partial charge in [0.25, 0.3) is 0 Å². The Balaban J connectivity index is 1.35. The van der Waals surface area contributed by atoms with E-state index in [1.807, 2.05) is 32.1 Å². The van der Waals surface area contributed by atoms with Crippen LogP contribution in [0.25, 0.3) is 0 Å². The molecular formula is C68H93NO17.